The molecular formula is C26H35Cl2N3. The average Bonchev–Trinajstić information content (AvgIpc) is 3.35. The number of hydrogen-bond acceptors (Lipinski definition) is 3. The fourth-order valence-electron chi connectivity index (χ4n) is 6.20. The standard InChI is InChI=1S/C26H35Cl2N3/c27-25-8-6-21-15-29(17-23(21)12-25)10-11-30(14-20-4-2-1-3-5-20)19-31-16-22-7-9-26(28)13-24(22)18-31/h1-5,8-9,21-24H,6-7,10-19H2. The first-order valence-corrected chi connectivity index (χ1v) is 12.8. The molecule has 4 atom stereocenters. The number of fused-ring (bicyclic) bond motifs is 2. The predicted octanol–water partition coefficient (Wildman–Crippen LogP) is 5.38. The lowest BCUT2D eigenvalue weighted by Crippen LogP contribution is -2.41. The van der Waals surface area contributed by atoms with Crippen molar-refractivity contribution in [1.82, 2.24) is 14.7 Å². The summed E-state index contributed by atoms with van der Waals surface area (Å²) in [5.74, 6) is 3.11. The minimum absolute atomic E-state index is 0.745. The van der Waals surface area contributed by atoms with Crippen molar-refractivity contribution in [2.45, 2.75) is 32.2 Å². The molecule has 1 aromatic carbocycles. The van der Waals surface area contributed by atoms with Crippen LogP contribution in [-0.2, 0) is 6.54 Å². The van der Waals surface area contributed by atoms with Gasteiger partial charge < -0.3 is 4.90 Å². The molecule has 0 radical (unpaired) electrons. The van der Waals surface area contributed by atoms with Crippen LogP contribution in [0.15, 0.2) is 52.5 Å². The van der Waals surface area contributed by atoms with Gasteiger partial charge >= 0.3 is 0 Å². The molecule has 0 bridgehead atoms. The Balaban J connectivity index is 1.18. The van der Waals surface area contributed by atoms with E-state index < -0.39 is 0 Å². The second-order valence-corrected chi connectivity index (χ2v) is 11.2. The first-order valence-electron chi connectivity index (χ1n) is 12.0. The molecule has 2 aliphatic carbocycles. The van der Waals surface area contributed by atoms with Gasteiger partial charge in [0.05, 0.1) is 6.67 Å². The maximum absolute atomic E-state index is 6.34. The minimum atomic E-state index is 0.745. The summed E-state index contributed by atoms with van der Waals surface area (Å²) in [6, 6.07) is 11.0. The molecule has 0 saturated carbocycles. The summed E-state index contributed by atoms with van der Waals surface area (Å²) in [6.45, 7) is 9.24. The summed E-state index contributed by atoms with van der Waals surface area (Å²) in [4.78, 5) is 8.02. The maximum Gasteiger partial charge on any atom is 0.0510 e. The Hall–Kier alpha value is -0.840. The van der Waals surface area contributed by atoms with Crippen molar-refractivity contribution >= 4 is 23.2 Å². The van der Waals surface area contributed by atoms with Crippen molar-refractivity contribution in [2.24, 2.45) is 23.7 Å². The summed E-state index contributed by atoms with van der Waals surface area (Å²) in [6.07, 6.45) is 8.99. The van der Waals surface area contributed by atoms with E-state index in [1.165, 1.54) is 38.2 Å². The van der Waals surface area contributed by atoms with Crippen LogP contribution >= 0.6 is 23.2 Å². The van der Waals surface area contributed by atoms with E-state index in [2.05, 4.69) is 57.2 Å². The van der Waals surface area contributed by atoms with Crippen LogP contribution in [-0.4, -0.2) is 60.6 Å². The second kappa shape index (κ2) is 9.97. The Morgan fingerprint density at radius 2 is 1.35 bits per heavy atom. The number of rotatable bonds is 7. The number of benzene rings is 1. The summed E-state index contributed by atoms with van der Waals surface area (Å²) in [7, 11) is 0. The highest BCUT2D eigenvalue weighted by atomic mass is 35.5. The van der Waals surface area contributed by atoms with E-state index in [-0.39, 0.29) is 0 Å². The largest absolute Gasteiger partial charge is 0.301 e. The molecule has 5 heteroatoms. The Morgan fingerprint density at radius 1 is 0.774 bits per heavy atom. The molecule has 0 N–H and O–H groups in total. The van der Waals surface area contributed by atoms with Gasteiger partial charge in [-0.2, -0.15) is 0 Å². The van der Waals surface area contributed by atoms with Crippen molar-refractivity contribution < 1.29 is 0 Å². The van der Waals surface area contributed by atoms with Crippen LogP contribution in [0.3, 0.4) is 0 Å². The van der Waals surface area contributed by atoms with Crippen LogP contribution in [0.2, 0.25) is 0 Å². The van der Waals surface area contributed by atoms with Gasteiger partial charge in [-0.3, -0.25) is 9.80 Å². The van der Waals surface area contributed by atoms with E-state index in [4.69, 9.17) is 23.2 Å². The highest BCUT2D eigenvalue weighted by molar-refractivity contribution is 6.29. The number of allylic oxidation sites excluding steroid dienone is 4. The molecule has 0 amide bonds. The zero-order valence-corrected chi connectivity index (χ0v) is 19.9. The lowest BCUT2D eigenvalue weighted by atomic mass is 9.86. The third-order valence-corrected chi connectivity index (χ3v) is 8.50. The molecule has 168 valence electrons. The SMILES string of the molecule is ClC1=CCC2CN(CCN(Cc3ccccc3)CN3CC4CC=C(Cl)CC4C3)CC2C1. The van der Waals surface area contributed by atoms with Gasteiger partial charge in [-0.05, 0) is 54.9 Å². The molecule has 2 heterocycles. The molecular weight excluding hydrogens is 425 g/mol. The van der Waals surface area contributed by atoms with Crippen molar-refractivity contribution in [1.29, 1.82) is 0 Å². The van der Waals surface area contributed by atoms with Crippen molar-refractivity contribution in [2.75, 3.05) is 45.9 Å². The van der Waals surface area contributed by atoms with E-state index in [1.54, 1.807) is 0 Å². The second-order valence-electron chi connectivity index (χ2n) is 10.2. The number of likely N-dealkylation sites (tertiary alicyclic amines) is 2. The molecule has 4 unspecified atom stereocenters. The normalized spacial score (nSPS) is 31.5. The summed E-state index contributed by atoms with van der Waals surface area (Å²) in [5.41, 5.74) is 1.41. The zero-order valence-electron chi connectivity index (χ0n) is 18.4. The van der Waals surface area contributed by atoms with Crippen molar-refractivity contribution in [3.05, 3.63) is 58.1 Å². The van der Waals surface area contributed by atoms with E-state index in [1.807, 2.05) is 0 Å². The quantitative estimate of drug-likeness (QED) is 0.541. The van der Waals surface area contributed by atoms with E-state index in [0.717, 1.165) is 79.3 Å². The fraction of sp³-hybridized carbons (Fsp3) is 0.615. The Morgan fingerprint density at radius 3 is 2.03 bits per heavy atom. The van der Waals surface area contributed by atoms with Crippen LogP contribution < -0.4 is 0 Å². The third-order valence-electron chi connectivity index (χ3n) is 7.88. The van der Waals surface area contributed by atoms with Crippen LogP contribution in [0.5, 0.6) is 0 Å². The van der Waals surface area contributed by atoms with Gasteiger partial charge in [-0.15, -0.1) is 0 Å². The molecule has 5 rings (SSSR count). The molecule has 31 heavy (non-hydrogen) atoms. The number of halogens is 2. The first kappa shape index (κ1) is 22.0. The average molecular weight is 460 g/mol. The molecule has 2 aliphatic heterocycles. The lowest BCUT2D eigenvalue weighted by molar-refractivity contribution is 0.127. The van der Waals surface area contributed by atoms with Crippen molar-refractivity contribution in [3.8, 4) is 0 Å². The molecule has 0 spiro atoms. The predicted molar refractivity (Wildman–Crippen MR) is 130 cm³/mol. The van der Waals surface area contributed by atoms with Gasteiger partial charge in [-0.1, -0.05) is 65.7 Å². The zero-order chi connectivity index (χ0) is 21.2. The van der Waals surface area contributed by atoms with Crippen LogP contribution in [0.4, 0.5) is 0 Å². The first-order chi connectivity index (χ1) is 15.1. The van der Waals surface area contributed by atoms with E-state index in [0.29, 0.717) is 0 Å². The summed E-state index contributed by atoms with van der Waals surface area (Å²) >= 11 is 12.7. The topological polar surface area (TPSA) is 9.72 Å². The highest BCUT2D eigenvalue weighted by Crippen LogP contribution is 2.38. The molecule has 4 aliphatic rings. The fourth-order valence-corrected chi connectivity index (χ4v) is 6.77. The highest BCUT2D eigenvalue weighted by Gasteiger charge is 2.36. The van der Waals surface area contributed by atoms with Crippen molar-refractivity contribution in [3.63, 3.8) is 0 Å². The maximum atomic E-state index is 6.34. The monoisotopic (exact) mass is 459 g/mol. The molecule has 2 saturated heterocycles. The molecule has 3 nitrogen and oxygen atoms in total. The Kier molecular flexibility index (Phi) is 7.07. The van der Waals surface area contributed by atoms with Crippen LogP contribution in [0, 0.1) is 23.7 Å². The summed E-state index contributed by atoms with van der Waals surface area (Å²) < 4.78 is 0. The number of nitrogens with zero attached hydrogens (tertiary/aromatic N) is 3. The molecule has 2 fully saturated rings. The lowest BCUT2D eigenvalue weighted by Gasteiger charge is -2.30. The van der Waals surface area contributed by atoms with Gasteiger partial charge in [0.1, 0.15) is 0 Å². The third kappa shape index (κ3) is 5.57. The smallest absolute Gasteiger partial charge is 0.0510 e. The van der Waals surface area contributed by atoms with Gasteiger partial charge in [-0.25, -0.2) is 0 Å². The van der Waals surface area contributed by atoms with E-state index >= 15 is 0 Å². The van der Waals surface area contributed by atoms with Crippen LogP contribution in [0.25, 0.3) is 0 Å². The molecule has 0 aromatic heterocycles. The van der Waals surface area contributed by atoms with Gasteiger partial charge in [0.25, 0.3) is 0 Å². The van der Waals surface area contributed by atoms with Gasteiger partial charge in [0, 0.05) is 55.9 Å². The van der Waals surface area contributed by atoms with Gasteiger partial charge in [0.2, 0.25) is 0 Å². The minimum Gasteiger partial charge on any atom is -0.301 e. The van der Waals surface area contributed by atoms with Crippen LogP contribution in [0.1, 0.15) is 31.2 Å². The Bertz CT molecular complexity index is 808. The summed E-state index contributed by atoms with van der Waals surface area (Å²) in [5, 5.41) is 2.16. The molecule has 1 aromatic rings. The Labute approximate surface area is 197 Å². The number of hydrogen-bond donors (Lipinski definition) is 0. The van der Waals surface area contributed by atoms with E-state index in [9.17, 15) is 0 Å². The van der Waals surface area contributed by atoms with Gasteiger partial charge in [0.15, 0.2) is 0 Å².